The number of carbonyl (C=O) groups is 1. The molecule has 1 fully saturated rings. The van der Waals surface area contributed by atoms with E-state index in [2.05, 4.69) is 27.8 Å². The van der Waals surface area contributed by atoms with Crippen molar-refractivity contribution >= 4 is 21.7 Å². The predicted octanol–water partition coefficient (Wildman–Crippen LogP) is 3.39. The van der Waals surface area contributed by atoms with Crippen molar-refractivity contribution in [2.75, 3.05) is 0 Å². The number of nitrogens with zero attached hydrogens (tertiary/aromatic N) is 1. The Labute approximate surface area is 105 Å². The van der Waals surface area contributed by atoms with Crippen LogP contribution in [0.3, 0.4) is 0 Å². The molecule has 1 aromatic rings. The minimum absolute atomic E-state index is 0.278. The molecule has 1 aliphatic carbocycles. The molecule has 0 N–H and O–H groups in total. The van der Waals surface area contributed by atoms with Crippen LogP contribution in [0.15, 0.2) is 22.8 Å². The standard InChI is InChI=1S/C13H16BrNO/c1-9-2-3-10(6-9)13(16)7-12-5-4-11(14)8-15-12/h4-5,8-10H,2-3,6-7H2,1H3. The first-order chi connectivity index (χ1) is 7.65. The van der Waals surface area contributed by atoms with Crippen LogP contribution in [-0.2, 0) is 11.2 Å². The summed E-state index contributed by atoms with van der Waals surface area (Å²) in [4.78, 5) is 16.2. The third-order valence-corrected chi connectivity index (χ3v) is 3.76. The summed E-state index contributed by atoms with van der Waals surface area (Å²) in [7, 11) is 0. The van der Waals surface area contributed by atoms with Crippen molar-refractivity contribution in [3.63, 3.8) is 0 Å². The van der Waals surface area contributed by atoms with E-state index in [9.17, 15) is 4.79 Å². The zero-order valence-corrected chi connectivity index (χ0v) is 11.0. The molecule has 1 saturated carbocycles. The van der Waals surface area contributed by atoms with E-state index in [0.717, 1.165) is 23.0 Å². The number of ketones is 1. The Morgan fingerprint density at radius 2 is 2.31 bits per heavy atom. The zero-order valence-electron chi connectivity index (χ0n) is 9.45. The van der Waals surface area contributed by atoms with E-state index < -0.39 is 0 Å². The van der Waals surface area contributed by atoms with Crippen LogP contribution in [-0.4, -0.2) is 10.8 Å². The van der Waals surface area contributed by atoms with Crippen LogP contribution < -0.4 is 0 Å². The Morgan fingerprint density at radius 3 is 2.88 bits per heavy atom. The lowest BCUT2D eigenvalue weighted by Gasteiger charge is -2.07. The Hall–Kier alpha value is -0.700. The van der Waals surface area contributed by atoms with Crippen molar-refractivity contribution in [3.05, 3.63) is 28.5 Å². The summed E-state index contributed by atoms with van der Waals surface area (Å²) in [6.07, 6.45) is 5.57. The average Bonchev–Trinajstić information content (AvgIpc) is 2.68. The van der Waals surface area contributed by atoms with E-state index in [1.807, 2.05) is 12.1 Å². The maximum Gasteiger partial charge on any atom is 0.141 e. The van der Waals surface area contributed by atoms with Crippen LogP contribution in [0.1, 0.15) is 31.9 Å². The number of pyridine rings is 1. The fourth-order valence-corrected chi connectivity index (χ4v) is 2.57. The molecule has 0 spiro atoms. The molecule has 2 atom stereocenters. The van der Waals surface area contributed by atoms with Crippen LogP contribution in [0.4, 0.5) is 0 Å². The third kappa shape index (κ3) is 2.91. The van der Waals surface area contributed by atoms with Crippen LogP contribution in [0, 0.1) is 11.8 Å². The zero-order chi connectivity index (χ0) is 11.5. The molecule has 2 rings (SSSR count). The summed E-state index contributed by atoms with van der Waals surface area (Å²) in [5.74, 6) is 1.35. The fourth-order valence-electron chi connectivity index (χ4n) is 2.33. The molecule has 2 unspecified atom stereocenters. The van der Waals surface area contributed by atoms with Gasteiger partial charge in [0.25, 0.3) is 0 Å². The Morgan fingerprint density at radius 1 is 1.50 bits per heavy atom. The number of hydrogen-bond donors (Lipinski definition) is 0. The molecule has 2 nitrogen and oxygen atoms in total. The number of carbonyl (C=O) groups excluding carboxylic acids is 1. The minimum Gasteiger partial charge on any atom is -0.299 e. The van der Waals surface area contributed by atoms with Gasteiger partial charge in [-0.05, 0) is 53.2 Å². The number of Topliss-reactive ketones (excluding diaryl/α,β-unsaturated/α-hetero) is 1. The van der Waals surface area contributed by atoms with Crippen molar-refractivity contribution in [2.24, 2.45) is 11.8 Å². The predicted molar refractivity (Wildman–Crippen MR) is 67.2 cm³/mol. The molecule has 1 aliphatic rings. The number of aromatic nitrogens is 1. The van der Waals surface area contributed by atoms with Gasteiger partial charge in [0.15, 0.2) is 0 Å². The fraction of sp³-hybridized carbons (Fsp3) is 0.538. The van der Waals surface area contributed by atoms with Gasteiger partial charge in [-0.15, -0.1) is 0 Å². The second-order valence-corrected chi connectivity index (χ2v) is 5.64. The largest absolute Gasteiger partial charge is 0.299 e. The lowest BCUT2D eigenvalue weighted by molar-refractivity contribution is -0.122. The van der Waals surface area contributed by atoms with E-state index in [0.29, 0.717) is 18.1 Å². The second kappa shape index (κ2) is 5.09. The summed E-state index contributed by atoms with van der Waals surface area (Å²) in [5, 5.41) is 0. The van der Waals surface area contributed by atoms with Gasteiger partial charge in [-0.1, -0.05) is 6.92 Å². The highest BCUT2D eigenvalue weighted by Gasteiger charge is 2.27. The van der Waals surface area contributed by atoms with E-state index >= 15 is 0 Å². The maximum absolute atomic E-state index is 12.0. The van der Waals surface area contributed by atoms with Crippen molar-refractivity contribution in [3.8, 4) is 0 Å². The summed E-state index contributed by atoms with van der Waals surface area (Å²) >= 11 is 3.34. The number of halogens is 1. The van der Waals surface area contributed by atoms with Crippen molar-refractivity contribution < 1.29 is 4.79 Å². The number of rotatable bonds is 3. The van der Waals surface area contributed by atoms with Crippen LogP contribution in [0.5, 0.6) is 0 Å². The third-order valence-electron chi connectivity index (χ3n) is 3.29. The van der Waals surface area contributed by atoms with Crippen LogP contribution in [0.25, 0.3) is 0 Å². The summed E-state index contributed by atoms with van der Waals surface area (Å²) in [5.41, 5.74) is 0.882. The lowest BCUT2D eigenvalue weighted by atomic mass is 9.97. The van der Waals surface area contributed by atoms with Gasteiger partial charge in [0.1, 0.15) is 5.78 Å². The highest BCUT2D eigenvalue weighted by Crippen LogP contribution is 2.31. The molecule has 86 valence electrons. The number of hydrogen-bond acceptors (Lipinski definition) is 2. The molecule has 0 radical (unpaired) electrons. The van der Waals surface area contributed by atoms with Gasteiger partial charge in [-0.2, -0.15) is 0 Å². The molecule has 0 bridgehead atoms. The first kappa shape index (κ1) is 11.8. The monoisotopic (exact) mass is 281 g/mol. The van der Waals surface area contributed by atoms with Gasteiger partial charge in [0, 0.05) is 28.7 Å². The highest BCUT2D eigenvalue weighted by atomic mass is 79.9. The highest BCUT2D eigenvalue weighted by molar-refractivity contribution is 9.10. The van der Waals surface area contributed by atoms with Gasteiger partial charge in [-0.3, -0.25) is 9.78 Å². The summed E-state index contributed by atoms with van der Waals surface area (Å²) in [6, 6.07) is 3.85. The topological polar surface area (TPSA) is 30.0 Å². The molecular formula is C13H16BrNO. The van der Waals surface area contributed by atoms with Gasteiger partial charge in [0.05, 0.1) is 0 Å². The Balaban J connectivity index is 1.94. The van der Waals surface area contributed by atoms with Crippen LogP contribution >= 0.6 is 15.9 Å². The minimum atomic E-state index is 0.278. The second-order valence-electron chi connectivity index (χ2n) is 4.73. The van der Waals surface area contributed by atoms with E-state index in [-0.39, 0.29) is 5.92 Å². The maximum atomic E-state index is 12.0. The lowest BCUT2D eigenvalue weighted by Crippen LogP contribution is -2.14. The Bertz CT molecular complexity index is 374. The molecular weight excluding hydrogens is 266 g/mol. The van der Waals surface area contributed by atoms with Gasteiger partial charge in [0.2, 0.25) is 0 Å². The molecule has 3 heteroatoms. The molecule has 1 heterocycles. The van der Waals surface area contributed by atoms with Gasteiger partial charge in [-0.25, -0.2) is 0 Å². The molecule has 0 aliphatic heterocycles. The summed E-state index contributed by atoms with van der Waals surface area (Å²) < 4.78 is 0.957. The molecule has 16 heavy (non-hydrogen) atoms. The normalized spacial score (nSPS) is 24.6. The summed E-state index contributed by atoms with van der Waals surface area (Å²) in [6.45, 7) is 2.23. The molecule has 0 aromatic carbocycles. The quantitative estimate of drug-likeness (QED) is 0.850. The van der Waals surface area contributed by atoms with Crippen molar-refractivity contribution in [2.45, 2.75) is 32.6 Å². The average molecular weight is 282 g/mol. The van der Waals surface area contributed by atoms with Crippen molar-refractivity contribution in [1.82, 2.24) is 4.98 Å². The van der Waals surface area contributed by atoms with Crippen molar-refractivity contribution in [1.29, 1.82) is 0 Å². The first-order valence-corrected chi connectivity index (χ1v) is 6.57. The van der Waals surface area contributed by atoms with E-state index in [1.54, 1.807) is 6.20 Å². The SMILES string of the molecule is CC1CCC(C(=O)Cc2ccc(Br)cn2)C1. The smallest absolute Gasteiger partial charge is 0.141 e. The molecule has 0 saturated heterocycles. The first-order valence-electron chi connectivity index (χ1n) is 5.78. The van der Waals surface area contributed by atoms with E-state index in [4.69, 9.17) is 0 Å². The molecule has 0 amide bonds. The Kier molecular flexibility index (Phi) is 3.74. The van der Waals surface area contributed by atoms with Gasteiger partial charge < -0.3 is 0 Å². The van der Waals surface area contributed by atoms with Gasteiger partial charge >= 0.3 is 0 Å². The van der Waals surface area contributed by atoms with E-state index in [1.165, 1.54) is 6.42 Å². The van der Waals surface area contributed by atoms with Crippen LogP contribution in [0.2, 0.25) is 0 Å². The molecule has 1 aromatic heterocycles.